The molecule has 7 nitrogen and oxygen atoms in total. The fourth-order valence-corrected chi connectivity index (χ4v) is 3.93. The summed E-state index contributed by atoms with van der Waals surface area (Å²) >= 11 is 0. The predicted molar refractivity (Wildman–Crippen MR) is 124 cm³/mol. The third kappa shape index (κ3) is 4.12. The van der Waals surface area contributed by atoms with Crippen LogP contribution >= 0.6 is 0 Å². The highest BCUT2D eigenvalue weighted by Gasteiger charge is 2.22. The number of carbonyl (C=O) groups excluding carboxylic acids is 1. The monoisotopic (exact) mass is 443 g/mol. The Kier molecular flexibility index (Phi) is 5.66. The minimum Gasteiger partial charge on any atom is -0.378 e. The predicted octanol–water partition coefficient (Wildman–Crippen LogP) is 4.01. The maximum absolute atomic E-state index is 14.6. The molecule has 3 heterocycles. The number of benzene rings is 2. The number of amides is 1. The highest BCUT2D eigenvalue weighted by Crippen LogP contribution is 2.30. The van der Waals surface area contributed by atoms with Gasteiger partial charge in [-0.05, 0) is 47.5 Å². The van der Waals surface area contributed by atoms with Gasteiger partial charge in [0.1, 0.15) is 11.6 Å². The van der Waals surface area contributed by atoms with Crippen molar-refractivity contribution in [3.63, 3.8) is 0 Å². The number of carbonyl (C=O) groups is 1. The number of morpholine rings is 1. The van der Waals surface area contributed by atoms with Gasteiger partial charge < -0.3 is 15.0 Å². The van der Waals surface area contributed by atoms with Crippen molar-refractivity contribution in [2.45, 2.75) is 0 Å². The molecule has 0 saturated carbocycles. The zero-order valence-electron chi connectivity index (χ0n) is 18.1. The van der Waals surface area contributed by atoms with Gasteiger partial charge in [0.15, 0.2) is 5.82 Å². The molecule has 1 saturated heterocycles. The van der Waals surface area contributed by atoms with Crippen LogP contribution in [0.1, 0.15) is 10.4 Å². The van der Waals surface area contributed by atoms with E-state index in [0.29, 0.717) is 37.9 Å². The largest absolute Gasteiger partial charge is 0.378 e. The molecule has 0 radical (unpaired) electrons. The fraction of sp³-hybridized carbons (Fsp3) is 0.200. The van der Waals surface area contributed by atoms with Crippen molar-refractivity contribution in [3.8, 4) is 22.5 Å². The summed E-state index contributed by atoms with van der Waals surface area (Å²) < 4.78 is 19.9. The number of pyridine rings is 1. The van der Waals surface area contributed by atoms with Crippen LogP contribution in [0.3, 0.4) is 0 Å². The number of aromatic nitrogens is 3. The smallest absolute Gasteiger partial charge is 0.257 e. The topological polar surface area (TPSA) is 80.2 Å². The van der Waals surface area contributed by atoms with Crippen LogP contribution in [0.15, 0.2) is 60.9 Å². The van der Waals surface area contributed by atoms with E-state index in [1.807, 2.05) is 30.3 Å². The maximum Gasteiger partial charge on any atom is 0.257 e. The van der Waals surface area contributed by atoms with Crippen LogP contribution in [0.25, 0.3) is 33.4 Å². The van der Waals surface area contributed by atoms with Gasteiger partial charge in [-0.3, -0.25) is 9.78 Å². The second kappa shape index (κ2) is 8.91. The van der Waals surface area contributed by atoms with E-state index in [1.165, 1.54) is 6.07 Å². The normalized spacial score (nSPS) is 13.8. The van der Waals surface area contributed by atoms with E-state index in [9.17, 15) is 9.18 Å². The van der Waals surface area contributed by atoms with E-state index in [1.54, 1.807) is 36.5 Å². The molecular weight excluding hydrogens is 421 g/mol. The van der Waals surface area contributed by atoms with E-state index >= 15 is 0 Å². The second-order valence-electron chi connectivity index (χ2n) is 7.72. The van der Waals surface area contributed by atoms with Crippen LogP contribution in [0.5, 0.6) is 0 Å². The van der Waals surface area contributed by atoms with Crippen LogP contribution in [0, 0.1) is 5.82 Å². The Hall–Kier alpha value is -3.91. The summed E-state index contributed by atoms with van der Waals surface area (Å²) in [6.45, 7) is 1.85. The quantitative estimate of drug-likeness (QED) is 0.513. The second-order valence-corrected chi connectivity index (χ2v) is 7.72. The Balaban J connectivity index is 1.54. The van der Waals surface area contributed by atoms with Crippen molar-refractivity contribution < 1.29 is 13.9 Å². The molecule has 2 aromatic carbocycles. The SMILES string of the molecule is CNc1nc(-c2cccnc2)nc2ccc(-c3ccc(F)c(C(=O)N4CCOCC4)c3)cc12. The lowest BCUT2D eigenvalue weighted by molar-refractivity contribution is 0.0300. The van der Waals surface area contributed by atoms with Crippen molar-refractivity contribution >= 4 is 22.6 Å². The van der Waals surface area contributed by atoms with Crippen LogP contribution in [0.2, 0.25) is 0 Å². The van der Waals surface area contributed by atoms with Gasteiger partial charge in [0, 0.05) is 43.5 Å². The molecule has 1 N–H and O–H groups in total. The standard InChI is InChI=1S/C25H22FN5O2/c1-27-24-20-14-17(5-7-22(20)29-23(30-24)18-3-2-8-28-15-18)16-4-6-21(26)19(13-16)25(32)31-9-11-33-12-10-31/h2-8,13-15H,9-12H2,1H3,(H,27,29,30). The molecule has 0 bridgehead atoms. The molecule has 0 atom stereocenters. The molecule has 0 unspecified atom stereocenters. The minimum atomic E-state index is -0.531. The maximum atomic E-state index is 14.6. The van der Waals surface area contributed by atoms with Gasteiger partial charge in [0.05, 0.1) is 24.3 Å². The molecule has 1 aliphatic heterocycles. The molecule has 4 aromatic rings. The number of fused-ring (bicyclic) bond motifs is 1. The van der Waals surface area contributed by atoms with E-state index in [0.717, 1.165) is 27.6 Å². The molecule has 1 fully saturated rings. The van der Waals surface area contributed by atoms with E-state index < -0.39 is 5.82 Å². The molecule has 0 spiro atoms. The summed E-state index contributed by atoms with van der Waals surface area (Å²) in [5, 5.41) is 3.96. The van der Waals surface area contributed by atoms with Gasteiger partial charge in [0.2, 0.25) is 0 Å². The Morgan fingerprint density at radius 3 is 2.58 bits per heavy atom. The molecule has 0 aliphatic carbocycles. The van der Waals surface area contributed by atoms with Crippen LogP contribution in [0.4, 0.5) is 10.2 Å². The highest BCUT2D eigenvalue weighted by molar-refractivity contribution is 5.97. The van der Waals surface area contributed by atoms with E-state index in [4.69, 9.17) is 4.74 Å². The van der Waals surface area contributed by atoms with Crippen molar-refractivity contribution in [3.05, 3.63) is 72.3 Å². The lowest BCUT2D eigenvalue weighted by Crippen LogP contribution is -2.41. The Bertz CT molecular complexity index is 1320. The number of rotatable bonds is 4. The molecule has 33 heavy (non-hydrogen) atoms. The first-order chi connectivity index (χ1) is 16.1. The summed E-state index contributed by atoms with van der Waals surface area (Å²) in [4.78, 5) is 28.0. The van der Waals surface area contributed by atoms with Gasteiger partial charge in [-0.15, -0.1) is 0 Å². The molecule has 2 aromatic heterocycles. The molecule has 8 heteroatoms. The molecule has 5 rings (SSSR count). The molecule has 1 amide bonds. The summed E-state index contributed by atoms with van der Waals surface area (Å²) in [5.41, 5.74) is 3.24. The van der Waals surface area contributed by atoms with Gasteiger partial charge in [-0.2, -0.15) is 0 Å². The number of hydrogen-bond acceptors (Lipinski definition) is 6. The van der Waals surface area contributed by atoms with Gasteiger partial charge in [0.25, 0.3) is 5.91 Å². The summed E-state index contributed by atoms with van der Waals surface area (Å²) in [6.07, 6.45) is 3.43. The van der Waals surface area contributed by atoms with Crippen molar-refractivity contribution in [2.24, 2.45) is 0 Å². The average molecular weight is 443 g/mol. The number of hydrogen-bond donors (Lipinski definition) is 1. The van der Waals surface area contributed by atoms with Crippen molar-refractivity contribution in [2.75, 3.05) is 38.7 Å². The molecular formula is C25H22FN5O2. The summed E-state index contributed by atoms with van der Waals surface area (Å²) in [6, 6.07) is 14.1. The number of anilines is 1. The van der Waals surface area contributed by atoms with Crippen LogP contribution in [-0.2, 0) is 4.74 Å². The first kappa shape index (κ1) is 21.0. The molecule has 1 aliphatic rings. The number of halogens is 1. The van der Waals surface area contributed by atoms with E-state index in [2.05, 4.69) is 20.3 Å². The van der Waals surface area contributed by atoms with Crippen molar-refractivity contribution in [1.82, 2.24) is 19.9 Å². The van der Waals surface area contributed by atoms with E-state index in [-0.39, 0.29) is 11.5 Å². The Morgan fingerprint density at radius 1 is 1.03 bits per heavy atom. The summed E-state index contributed by atoms with van der Waals surface area (Å²) in [5.74, 6) is 0.399. The Morgan fingerprint density at radius 2 is 1.82 bits per heavy atom. The van der Waals surface area contributed by atoms with Gasteiger partial charge in [-0.1, -0.05) is 12.1 Å². The van der Waals surface area contributed by atoms with Crippen LogP contribution < -0.4 is 5.32 Å². The van der Waals surface area contributed by atoms with Gasteiger partial charge in [-0.25, -0.2) is 14.4 Å². The highest BCUT2D eigenvalue weighted by atomic mass is 19.1. The summed E-state index contributed by atoms with van der Waals surface area (Å²) in [7, 11) is 1.80. The lowest BCUT2D eigenvalue weighted by atomic mass is 10.00. The molecule has 166 valence electrons. The Labute approximate surface area is 190 Å². The van der Waals surface area contributed by atoms with Gasteiger partial charge >= 0.3 is 0 Å². The van der Waals surface area contributed by atoms with Crippen molar-refractivity contribution in [1.29, 1.82) is 0 Å². The van der Waals surface area contributed by atoms with Crippen LogP contribution in [-0.4, -0.2) is 59.1 Å². The minimum absolute atomic E-state index is 0.0616. The first-order valence-corrected chi connectivity index (χ1v) is 10.7. The fourth-order valence-electron chi connectivity index (χ4n) is 3.93. The zero-order valence-corrected chi connectivity index (χ0v) is 18.1. The third-order valence-electron chi connectivity index (χ3n) is 5.68. The third-order valence-corrected chi connectivity index (χ3v) is 5.68. The number of nitrogens with zero attached hydrogens (tertiary/aromatic N) is 4. The number of ether oxygens (including phenoxy) is 1. The number of nitrogens with one attached hydrogen (secondary N) is 1. The lowest BCUT2D eigenvalue weighted by Gasteiger charge is -2.27. The average Bonchev–Trinajstić information content (AvgIpc) is 2.88. The first-order valence-electron chi connectivity index (χ1n) is 10.7. The zero-order chi connectivity index (χ0) is 22.8.